The van der Waals surface area contributed by atoms with E-state index < -0.39 is 0 Å². The Morgan fingerprint density at radius 1 is 1.37 bits per heavy atom. The van der Waals surface area contributed by atoms with Gasteiger partial charge in [-0.1, -0.05) is 12.1 Å². The molecule has 0 fully saturated rings. The van der Waals surface area contributed by atoms with Gasteiger partial charge in [-0.2, -0.15) is 11.8 Å². The minimum atomic E-state index is -0.169. The van der Waals surface area contributed by atoms with Gasteiger partial charge in [0.15, 0.2) is 5.96 Å². The molecule has 0 amide bonds. The van der Waals surface area contributed by atoms with Crippen LogP contribution in [0.1, 0.15) is 18.1 Å². The Labute approximate surface area is 119 Å². The molecule has 0 saturated carbocycles. The summed E-state index contributed by atoms with van der Waals surface area (Å²) in [5, 5.41) is 6.46. The molecule has 0 radical (unpaired) electrons. The van der Waals surface area contributed by atoms with Gasteiger partial charge in [-0.05, 0) is 37.3 Å². The van der Waals surface area contributed by atoms with Crippen LogP contribution in [0.15, 0.2) is 23.2 Å². The molecule has 0 heterocycles. The maximum absolute atomic E-state index is 13.2. The molecule has 0 aliphatic carbocycles. The molecule has 1 rings (SSSR count). The number of halogens is 1. The Morgan fingerprint density at radius 3 is 2.79 bits per heavy atom. The second-order valence-electron chi connectivity index (χ2n) is 4.20. The minimum absolute atomic E-state index is 0.169. The molecule has 0 aliphatic rings. The molecule has 0 aliphatic heterocycles. The van der Waals surface area contributed by atoms with Crippen molar-refractivity contribution in [1.29, 1.82) is 0 Å². The number of aliphatic imine (C=N–C) groups is 1. The Hall–Kier alpha value is -1.23. The van der Waals surface area contributed by atoms with Gasteiger partial charge in [0, 0.05) is 18.8 Å². The summed E-state index contributed by atoms with van der Waals surface area (Å²) in [6.07, 6.45) is 2.08. The van der Waals surface area contributed by atoms with Crippen LogP contribution in [0, 0.1) is 12.7 Å². The van der Waals surface area contributed by atoms with Crippen LogP contribution in [-0.2, 0) is 6.54 Å². The van der Waals surface area contributed by atoms with Crippen molar-refractivity contribution in [3.8, 4) is 0 Å². The van der Waals surface area contributed by atoms with Gasteiger partial charge >= 0.3 is 0 Å². The lowest BCUT2D eigenvalue weighted by Gasteiger charge is -2.10. The summed E-state index contributed by atoms with van der Waals surface area (Å²) < 4.78 is 13.2. The Kier molecular flexibility index (Phi) is 7.33. The van der Waals surface area contributed by atoms with Crippen LogP contribution >= 0.6 is 11.8 Å². The lowest BCUT2D eigenvalue weighted by atomic mass is 10.1. The minimum Gasteiger partial charge on any atom is -0.357 e. The number of guanidine groups is 1. The summed E-state index contributed by atoms with van der Waals surface area (Å²) in [7, 11) is 0. The van der Waals surface area contributed by atoms with E-state index in [1.807, 2.05) is 13.0 Å². The molecule has 0 aromatic heterocycles. The monoisotopic (exact) mass is 283 g/mol. The Morgan fingerprint density at radius 2 is 2.16 bits per heavy atom. The Balaban J connectivity index is 2.60. The zero-order chi connectivity index (χ0) is 14.1. The quantitative estimate of drug-likeness (QED) is 0.478. The lowest BCUT2D eigenvalue weighted by Crippen LogP contribution is -2.38. The van der Waals surface area contributed by atoms with Crippen molar-refractivity contribution >= 4 is 17.7 Å². The summed E-state index contributed by atoms with van der Waals surface area (Å²) >= 11 is 1.79. The van der Waals surface area contributed by atoms with Crippen molar-refractivity contribution in [2.75, 3.05) is 25.1 Å². The van der Waals surface area contributed by atoms with Crippen LogP contribution in [0.4, 0.5) is 4.39 Å². The summed E-state index contributed by atoms with van der Waals surface area (Å²) in [5.41, 5.74) is 1.68. The van der Waals surface area contributed by atoms with E-state index in [1.54, 1.807) is 24.8 Å². The summed E-state index contributed by atoms with van der Waals surface area (Å²) in [5.74, 6) is 1.68. The van der Waals surface area contributed by atoms with Gasteiger partial charge in [0.25, 0.3) is 0 Å². The predicted molar refractivity (Wildman–Crippen MR) is 82.3 cm³/mol. The first kappa shape index (κ1) is 15.8. The van der Waals surface area contributed by atoms with Crippen molar-refractivity contribution in [3.63, 3.8) is 0 Å². The highest BCUT2D eigenvalue weighted by atomic mass is 32.2. The van der Waals surface area contributed by atoms with Crippen LogP contribution in [0.5, 0.6) is 0 Å². The van der Waals surface area contributed by atoms with E-state index in [1.165, 1.54) is 6.07 Å². The van der Waals surface area contributed by atoms with Crippen LogP contribution in [-0.4, -0.2) is 31.1 Å². The van der Waals surface area contributed by atoms with E-state index >= 15 is 0 Å². The highest BCUT2D eigenvalue weighted by Crippen LogP contribution is 2.09. The van der Waals surface area contributed by atoms with Crippen molar-refractivity contribution in [3.05, 3.63) is 35.1 Å². The van der Waals surface area contributed by atoms with Gasteiger partial charge in [0.05, 0.1) is 6.54 Å². The first-order chi connectivity index (χ1) is 9.17. The van der Waals surface area contributed by atoms with Crippen molar-refractivity contribution in [1.82, 2.24) is 10.6 Å². The molecular weight excluding hydrogens is 261 g/mol. The Bertz CT molecular complexity index is 421. The average Bonchev–Trinajstić information content (AvgIpc) is 2.40. The topological polar surface area (TPSA) is 36.4 Å². The van der Waals surface area contributed by atoms with Gasteiger partial charge in [-0.25, -0.2) is 9.38 Å². The molecule has 106 valence electrons. The number of hydrogen-bond donors (Lipinski definition) is 2. The summed E-state index contributed by atoms with van der Waals surface area (Å²) in [6.45, 7) is 6.07. The van der Waals surface area contributed by atoms with E-state index in [9.17, 15) is 4.39 Å². The smallest absolute Gasteiger partial charge is 0.191 e. The second kappa shape index (κ2) is 8.80. The number of nitrogens with zero attached hydrogens (tertiary/aromatic N) is 1. The predicted octanol–water partition coefficient (Wildman–Crippen LogP) is 2.55. The molecule has 0 spiro atoms. The van der Waals surface area contributed by atoms with Gasteiger partial charge in [-0.3, -0.25) is 0 Å². The number of aryl methyl sites for hydroxylation is 1. The summed E-state index contributed by atoms with van der Waals surface area (Å²) in [6, 6.07) is 5.11. The fourth-order valence-electron chi connectivity index (χ4n) is 1.59. The molecule has 0 bridgehead atoms. The maximum Gasteiger partial charge on any atom is 0.191 e. The van der Waals surface area contributed by atoms with Crippen LogP contribution < -0.4 is 10.6 Å². The highest BCUT2D eigenvalue weighted by Gasteiger charge is 2.00. The van der Waals surface area contributed by atoms with E-state index in [-0.39, 0.29) is 5.82 Å². The third-order valence-electron chi connectivity index (χ3n) is 2.58. The number of nitrogens with one attached hydrogen (secondary N) is 2. The zero-order valence-corrected chi connectivity index (χ0v) is 12.6. The average molecular weight is 283 g/mol. The van der Waals surface area contributed by atoms with Gasteiger partial charge < -0.3 is 10.6 Å². The van der Waals surface area contributed by atoms with E-state index in [2.05, 4.69) is 21.9 Å². The molecular formula is C14H22FN3S. The van der Waals surface area contributed by atoms with Crippen LogP contribution in [0.2, 0.25) is 0 Å². The lowest BCUT2D eigenvalue weighted by molar-refractivity contribution is 0.617. The van der Waals surface area contributed by atoms with Crippen molar-refractivity contribution in [2.24, 2.45) is 4.99 Å². The highest BCUT2D eigenvalue weighted by molar-refractivity contribution is 7.98. The molecule has 19 heavy (non-hydrogen) atoms. The first-order valence-electron chi connectivity index (χ1n) is 6.43. The second-order valence-corrected chi connectivity index (χ2v) is 5.18. The third kappa shape index (κ3) is 5.96. The SMILES string of the molecule is CCNC(=NCc1ccc(F)c(C)c1)NCCSC. The van der Waals surface area contributed by atoms with E-state index in [0.717, 1.165) is 30.4 Å². The number of thioether (sulfide) groups is 1. The molecule has 0 atom stereocenters. The molecule has 0 saturated heterocycles. The third-order valence-corrected chi connectivity index (χ3v) is 3.20. The largest absolute Gasteiger partial charge is 0.357 e. The molecule has 2 N–H and O–H groups in total. The fraction of sp³-hybridized carbons (Fsp3) is 0.500. The normalized spacial score (nSPS) is 11.5. The number of rotatable bonds is 6. The molecule has 5 heteroatoms. The van der Waals surface area contributed by atoms with E-state index in [0.29, 0.717) is 12.1 Å². The number of hydrogen-bond acceptors (Lipinski definition) is 2. The van der Waals surface area contributed by atoms with Crippen molar-refractivity contribution < 1.29 is 4.39 Å². The molecule has 0 unspecified atom stereocenters. The van der Waals surface area contributed by atoms with Crippen LogP contribution in [0.25, 0.3) is 0 Å². The zero-order valence-electron chi connectivity index (χ0n) is 11.8. The van der Waals surface area contributed by atoms with Gasteiger partial charge in [-0.15, -0.1) is 0 Å². The van der Waals surface area contributed by atoms with E-state index in [4.69, 9.17) is 0 Å². The van der Waals surface area contributed by atoms with Gasteiger partial charge in [0.2, 0.25) is 0 Å². The number of benzene rings is 1. The standard InChI is InChI=1S/C14H22FN3S/c1-4-16-14(17-7-8-19-3)18-10-12-5-6-13(15)11(2)9-12/h5-6,9H,4,7-8,10H2,1-3H3,(H2,16,17,18). The summed E-state index contributed by atoms with van der Waals surface area (Å²) in [4.78, 5) is 4.49. The fourth-order valence-corrected chi connectivity index (χ4v) is 1.89. The first-order valence-corrected chi connectivity index (χ1v) is 7.83. The molecule has 1 aromatic rings. The molecule has 1 aromatic carbocycles. The molecule has 3 nitrogen and oxygen atoms in total. The van der Waals surface area contributed by atoms with Gasteiger partial charge in [0.1, 0.15) is 5.82 Å². The van der Waals surface area contributed by atoms with Crippen LogP contribution in [0.3, 0.4) is 0 Å². The maximum atomic E-state index is 13.2. The van der Waals surface area contributed by atoms with Crippen molar-refractivity contribution in [2.45, 2.75) is 20.4 Å².